The number of hydrogen-bond donors (Lipinski definition) is 1. The Bertz CT molecular complexity index is 691. The largest absolute Gasteiger partial charge is 0.379 e. The molecule has 2 heterocycles. The summed E-state index contributed by atoms with van der Waals surface area (Å²) in [5.41, 5.74) is 0.631. The van der Waals surface area contributed by atoms with Gasteiger partial charge in [0.2, 0.25) is 11.7 Å². The molecule has 2 atom stereocenters. The van der Waals surface area contributed by atoms with Crippen LogP contribution in [-0.4, -0.2) is 58.6 Å². The summed E-state index contributed by atoms with van der Waals surface area (Å²) in [4.78, 5) is 13.4. The Labute approximate surface area is 137 Å². The first-order chi connectivity index (χ1) is 11.7. The summed E-state index contributed by atoms with van der Waals surface area (Å²) >= 11 is 0. The number of carbonyl (C=O) groups is 1. The average Bonchev–Trinajstić information content (AvgIpc) is 3.04. The van der Waals surface area contributed by atoms with Crippen LogP contribution in [0.3, 0.4) is 0 Å². The molecule has 1 aromatic carbocycles. The summed E-state index contributed by atoms with van der Waals surface area (Å²) < 4.78 is 23.6. The summed E-state index contributed by atoms with van der Waals surface area (Å²) in [6, 6.07) is 5.65. The Morgan fingerprint density at radius 2 is 2.25 bits per heavy atom. The molecule has 128 valence electrons. The zero-order chi connectivity index (χ0) is 16.9. The summed E-state index contributed by atoms with van der Waals surface area (Å²) in [6.07, 6.45) is 0.525. The van der Waals surface area contributed by atoms with Gasteiger partial charge in [-0.15, -0.1) is 10.2 Å². The molecule has 2 unspecified atom stereocenters. The van der Waals surface area contributed by atoms with E-state index in [1.807, 2.05) is 0 Å². The monoisotopic (exact) mass is 335 g/mol. The fourth-order valence-corrected chi connectivity index (χ4v) is 2.51. The van der Waals surface area contributed by atoms with Crippen molar-refractivity contribution >= 4 is 5.91 Å². The van der Waals surface area contributed by atoms with E-state index < -0.39 is 0 Å². The van der Waals surface area contributed by atoms with E-state index in [2.05, 4.69) is 20.7 Å². The van der Waals surface area contributed by atoms with Crippen LogP contribution in [0.2, 0.25) is 0 Å². The van der Waals surface area contributed by atoms with Crippen molar-refractivity contribution in [2.75, 3.05) is 20.3 Å². The van der Waals surface area contributed by atoms with Gasteiger partial charge in [0.15, 0.2) is 0 Å². The fraction of sp³-hybridized carbons (Fsp3) is 0.467. The third-order valence-electron chi connectivity index (χ3n) is 3.79. The molecule has 0 bridgehead atoms. The third-order valence-corrected chi connectivity index (χ3v) is 3.79. The number of nitrogens with zero attached hydrogens (tertiary/aromatic N) is 4. The second kappa shape index (κ2) is 7.45. The van der Waals surface area contributed by atoms with Gasteiger partial charge in [-0.05, 0) is 35.9 Å². The lowest BCUT2D eigenvalue weighted by Gasteiger charge is -2.30. The van der Waals surface area contributed by atoms with Crippen LogP contribution in [0, 0.1) is 5.82 Å². The first-order valence-corrected chi connectivity index (χ1v) is 7.59. The lowest BCUT2D eigenvalue weighted by Crippen LogP contribution is -2.50. The number of nitrogens with one attached hydrogen (secondary N) is 1. The summed E-state index contributed by atoms with van der Waals surface area (Å²) in [5, 5.41) is 14.8. The smallest absolute Gasteiger partial charge is 0.243 e. The summed E-state index contributed by atoms with van der Waals surface area (Å²) in [5.74, 6) is -0.231. The van der Waals surface area contributed by atoms with Gasteiger partial charge >= 0.3 is 0 Å². The molecule has 0 aliphatic carbocycles. The number of halogens is 1. The van der Waals surface area contributed by atoms with Gasteiger partial charge in [0, 0.05) is 19.3 Å². The highest BCUT2D eigenvalue weighted by Gasteiger charge is 2.27. The van der Waals surface area contributed by atoms with Gasteiger partial charge in [0.1, 0.15) is 18.5 Å². The zero-order valence-electron chi connectivity index (χ0n) is 13.2. The van der Waals surface area contributed by atoms with Crippen LogP contribution in [0.4, 0.5) is 4.39 Å². The normalized spacial score (nSPS) is 20.8. The van der Waals surface area contributed by atoms with Crippen LogP contribution >= 0.6 is 0 Å². The van der Waals surface area contributed by atoms with E-state index in [-0.39, 0.29) is 30.4 Å². The van der Waals surface area contributed by atoms with Gasteiger partial charge in [-0.1, -0.05) is 0 Å². The SMILES string of the molecule is COC1COCCC1NC(=O)Cn1nnc(-c2ccc(F)cc2)n1. The molecule has 9 heteroatoms. The summed E-state index contributed by atoms with van der Waals surface area (Å²) in [6.45, 7) is 0.987. The van der Waals surface area contributed by atoms with Crippen molar-refractivity contribution in [1.82, 2.24) is 25.5 Å². The molecule has 1 N–H and O–H groups in total. The zero-order valence-corrected chi connectivity index (χ0v) is 13.2. The topological polar surface area (TPSA) is 91.2 Å². The van der Waals surface area contributed by atoms with E-state index in [0.717, 1.165) is 0 Å². The lowest BCUT2D eigenvalue weighted by molar-refractivity contribution is -0.126. The van der Waals surface area contributed by atoms with Crippen LogP contribution in [0.25, 0.3) is 11.4 Å². The number of rotatable bonds is 5. The number of carbonyl (C=O) groups excluding carboxylic acids is 1. The highest BCUT2D eigenvalue weighted by molar-refractivity contribution is 5.76. The van der Waals surface area contributed by atoms with Gasteiger partial charge < -0.3 is 14.8 Å². The number of ether oxygens (including phenoxy) is 2. The van der Waals surface area contributed by atoms with Crippen LogP contribution in [-0.2, 0) is 20.8 Å². The highest BCUT2D eigenvalue weighted by atomic mass is 19.1. The van der Waals surface area contributed by atoms with Crippen LogP contribution in [0.15, 0.2) is 24.3 Å². The van der Waals surface area contributed by atoms with Crippen molar-refractivity contribution in [3.8, 4) is 11.4 Å². The Kier molecular flexibility index (Phi) is 5.11. The van der Waals surface area contributed by atoms with Crippen molar-refractivity contribution in [3.63, 3.8) is 0 Å². The molecule has 3 rings (SSSR count). The second-order valence-corrected chi connectivity index (χ2v) is 5.46. The average molecular weight is 335 g/mol. The molecule has 2 aromatic rings. The molecule has 1 amide bonds. The first kappa shape index (κ1) is 16.5. The molecule has 1 saturated heterocycles. The number of benzene rings is 1. The number of tetrazole rings is 1. The maximum Gasteiger partial charge on any atom is 0.243 e. The van der Waals surface area contributed by atoms with E-state index in [1.165, 1.54) is 16.9 Å². The minimum Gasteiger partial charge on any atom is -0.379 e. The highest BCUT2D eigenvalue weighted by Crippen LogP contribution is 2.14. The van der Waals surface area contributed by atoms with Gasteiger partial charge in [0.05, 0.1) is 12.6 Å². The molecular weight excluding hydrogens is 317 g/mol. The van der Waals surface area contributed by atoms with Crippen molar-refractivity contribution in [1.29, 1.82) is 0 Å². The van der Waals surface area contributed by atoms with Crippen LogP contribution in [0.1, 0.15) is 6.42 Å². The Balaban J connectivity index is 1.59. The lowest BCUT2D eigenvalue weighted by atomic mass is 10.1. The quantitative estimate of drug-likeness (QED) is 0.850. The Hall–Kier alpha value is -2.39. The molecule has 1 aliphatic heterocycles. The van der Waals surface area contributed by atoms with Gasteiger partial charge in [-0.25, -0.2) is 4.39 Å². The van der Waals surface area contributed by atoms with Crippen molar-refractivity contribution in [3.05, 3.63) is 30.1 Å². The second-order valence-electron chi connectivity index (χ2n) is 5.46. The number of hydrogen-bond acceptors (Lipinski definition) is 6. The molecule has 1 aliphatic rings. The predicted molar refractivity (Wildman–Crippen MR) is 81.4 cm³/mol. The van der Waals surface area contributed by atoms with E-state index in [1.54, 1.807) is 19.2 Å². The van der Waals surface area contributed by atoms with E-state index in [9.17, 15) is 9.18 Å². The van der Waals surface area contributed by atoms with Crippen LogP contribution < -0.4 is 5.32 Å². The van der Waals surface area contributed by atoms with Gasteiger partial charge in [-0.2, -0.15) is 4.80 Å². The van der Waals surface area contributed by atoms with Gasteiger partial charge in [-0.3, -0.25) is 4.79 Å². The Morgan fingerprint density at radius 1 is 1.46 bits per heavy atom. The van der Waals surface area contributed by atoms with E-state index in [4.69, 9.17) is 9.47 Å². The predicted octanol–water partition coefficient (Wildman–Crippen LogP) is 0.399. The first-order valence-electron chi connectivity index (χ1n) is 7.59. The van der Waals surface area contributed by atoms with Crippen molar-refractivity contribution in [2.24, 2.45) is 0 Å². The van der Waals surface area contributed by atoms with Crippen LogP contribution in [0.5, 0.6) is 0 Å². The molecule has 0 spiro atoms. The molecule has 1 fully saturated rings. The Morgan fingerprint density at radius 3 is 3.00 bits per heavy atom. The minimum absolute atomic E-state index is 0.0536. The standard InChI is InChI=1S/C15H18FN5O3/c1-23-13-9-24-7-6-12(13)17-14(22)8-21-19-15(18-20-21)10-2-4-11(16)5-3-10/h2-5,12-13H,6-9H2,1H3,(H,17,22). The number of methoxy groups -OCH3 is 1. The maximum absolute atomic E-state index is 12.9. The third kappa shape index (κ3) is 3.92. The fourth-order valence-electron chi connectivity index (χ4n) is 2.51. The number of amides is 1. The van der Waals surface area contributed by atoms with Crippen molar-refractivity contribution in [2.45, 2.75) is 25.1 Å². The molecule has 1 aromatic heterocycles. The molecule has 0 radical (unpaired) electrons. The number of aromatic nitrogens is 4. The maximum atomic E-state index is 12.9. The molecule has 8 nitrogen and oxygen atoms in total. The van der Waals surface area contributed by atoms with Gasteiger partial charge in [0.25, 0.3) is 0 Å². The summed E-state index contributed by atoms with van der Waals surface area (Å²) in [7, 11) is 1.59. The molecule has 0 saturated carbocycles. The van der Waals surface area contributed by atoms with Crippen molar-refractivity contribution < 1.29 is 18.7 Å². The minimum atomic E-state index is -0.338. The van der Waals surface area contributed by atoms with E-state index in [0.29, 0.717) is 31.0 Å². The van der Waals surface area contributed by atoms with E-state index >= 15 is 0 Å². The molecular formula is C15H18FN5O3. The molecule has 24 heavy (non-hydrogen) atoms.